The Kier molecular flexibility index (Phi) is 7.31. The van der Waals surface area contributed by atoms with Crippen molar-refractivity contribution in [3.8, 4) is 6.01 Å². The summed E-state index contributed by atoms with van der Waals surface area (Å²) >= 11 is 1.42. The van der Waals surface area contributed by atoms with E-state index in [1.54, 1.807) is 4.90 Å². The lowest BCUT2D eigenvalue weighted by Gasteiger charge is -2.33. The molecule has 0 spiro atoms. The van der Waals surface area contributed by atoms with Gasteiger partial charge < -0.3 is 31.2 Å². The lowest BCUT2D eigenvalue weighted by Crippen LogP contribution is -2.46. The number of amides is 2. The van der Waals surface area contributed by atoms with Crippen molar-refractivity contribution < 1.29 is 19.1 Å². The Morgan fingerprint density at radius 2 is 2.08 bits per heavy atom. The Hall–Kier alpha value is -3.41. The number of carbonyl (C=O) groups is 2. The number of anilines is 2. The van der Waals surface area contributed by atoms with Gasteiger partial charge in [-0.25, -0.2) is 9.78 Å². The number of nitrogens with two attached hydrogens (primary N) is 2. The summed E-state index contributed by atoms with van der Waals surface area (Å²) in [5.74, 6) is -0.494. The van der Waals surface area contributed by atoms with Crippen molar-refractivity contribution in [2.24, 2.45) is 0 Å². The van der Waals surface area contributed by atoms with Crippen molar-refractivity contribution in [3.05, 3.63) is 28.4 Å². The number of aryl methyl sites for hydroxylation is 1. The van der Waals surface area contributed by atoms with Gasteiger partial charge in [0.25, 0.3) is 0 Å². The Morgan fingerprint density at radius 1 is 1.32 bits per heavy atom. The van der Waals surface area contributed by atoms with E-state index in [9.17, 15) is 9.59 Å². The SMILES string of the molecule is CC(C)(C)OC(=O)N1CCC[C@H]1COc1nccc(C(=N)NC(=O)[C@@]2(C)CCCc3sc(N)c(N)c32)n1. The van der Waals surface area contributed by atoms with Crippen LogP contribution < -0.4 is 21.5 Å². The van der Waals surface area contributed by atoms with Crippen molar-refractivity contribution in [1.82, 2.24) is 20.2 Å². The van der Waals surface area contributed by atoms with Crippen LogP contribution in [0.2, 0.25) is 0 Å². The van der Waals surface area contributed by atoms with E-state index in [-0.39, 0.29) is 42.2 Å². The number of nitrogen functional groups attached to an aromatic ring is 2. The van der Waals surface area contributed by atoms with E-state index in [0.29, 0.717) is 23.7 Å². The molecule has 200 valence electrons. The molecule has 1 fully saturated rings. The van der Waals surface area contributed by atoms with Gasteiger partial charge in [-0.15, -0.1) is 11.3 Å². The van der Waals surface area contributed by atoms with Gasteiger partial charge in [0, 0.05) is 23.2 Å². The Morgan fingerprint density at radius 3 is 2.81 bits per heavy atom. The van der Waals surface area contributed by atoms with Gasteiger partial charge in [-0.1, -0.05) is 0 Å². The maximum Gasteiger partial charge on any atom is 0.410 e. The van der Waals surface area contributed by atoms with Crippen molar-refractivity contribution >= 4 is 39.9 Å². The van der Waals surface area contributed by atoms with Crippen LogP contribution in [-0.2, 0) is 21.4 Å². The van der Waals surface area contributed by atoms with E-state index >= 15 is 0 Å². The number of ether oxygens (including phenoxy) is 2. The summed E-state index contributed by atoms with van der Waals surface area (Å²) in [7, 11) is 0. The minimum Gasteiger partial charge on any atom is -0.461 e. The first kappa shape index (κ1) is 26.6. The molecule has 0 radical (unpaired) electrons. The number of nitrogens with zero attached hydrogens (tertiary/aromatic N) is 3. The van der Waals surface area contributed by atoms with Crippen molar-refractivity contribution in [3.63, 3.8) is 0 Å². The van der Waals surface area contributed by atoms with E-state index in [2.05, 4.69) is 15.3 Å². The third kappa shape index (κ3) is 5.63. The highest BCUT2D eigenvalue weighted by Gasteiger charge is 2.43. The van der Waals surface area contributed by atoms with Crippen LogP contribution in [-0.4, -0.2) is 57.5 Å². The summed E-state index contributed by atoms with van der Waals surface area (Å²) in [4.78, 5) is 37.0. The molecule has 0 aromatic carbocycles. The molecule has 2 aromatic rings. The van der Waals surface area contributed by atoms with Crippen LogP contribution in [0.1, 0.15) is 69.5 Å². The highest BCUT2D eigenvalue weighted by Crippen LogP contribution is 2.47. The lowest BCUT2D eigenvalue weighted by atomic mass is 9.72. The molecule has 2 amide bonds. The molecule has 0 unspecified atom stereocenters. The van der Waals surface area contributed by atoms with Crippen LogP contribution in [0.15, 0.2) is 12.3 Å². The Bertz CT molecular complexity index is 1210. The number of carbonyl (C=O) groups excluding carboxylic acids is 2. The van der Waals surface area contributed by atoms with E-state index in [0.717, 1.165) is 36.1 Å². The number of aromatic nitrogens is 2. The fraction of sp³-hybridized carbons (Fsp3) is 0.560. The van der Waals surface area contributed by atoms with Gasteiger partial charge in [0.2, 0.25) is 5.91 Å². The van der Waals surface area contributed by atoms with Gasteiger partial charge in [0.05, 0.1) is 17.1 Å². The first-order valence-corrected chi connectivity index (χ1v) is 13.2. The summed E-state index contributed by atoms with van der Waals surface area (Å²) in [6.45, 7) is 8.12. The minimum absolute atomic E-state index is 0.0635. The zero-order chi connectivity index (χ0) is 27.0. The summed E-state index contributed by atoms with van der Waals surface area (Å²) in [5.41, 5.74) is 12.2. The molecule has 0 bridgehead atoms. The Balaban J connectivity index is 1.40. The molecule has 2 aromatic heterocycles. The van der Waals surface area contributed by atoms with Crippen molar-refractivity contribution in [1.29, 1.82) is 5.41 Å². The van der Waals surface area contributed by atoms with Crippen LogP contribution in [0, 0.1) is 5.41 Å². The van der Waals surface area contributed by atoms with E-state index in [1.165, 1.54) is 23.6 Å². The maximum atomic E-state index is 13.3. The molecule has 0 saturated carbocycles. The van der Waals surface area contributed by atoms with Gasteiger partial charge in [0.1, 0.15) is 22.9 Å². The number of nitrogens with one attached hydrogen (secondary N) is 2. The second-order valence-corrected chi connectivity index (χ2v) is 11.8. The standard InChI is InChI=1S/C25H35N7O4S/c1-24(2,3)36-23(34)32-12-6-7-14(32)13-35-22-29-11-9-15(30-22)19(27)31-21(33)25(4)10-5-8-16-17(25)18(26)20(28)37-16/h9,11,14H,5-8,10,12-13,26,28H2,1-4H3,(H2,27,31,33)/t14-,25-/m0/s1. The number of thiophene rings is 1. The van der Waals surface area contributed by atoms with Gasteiger partial charge >= 0.3 is 12.1 Å². The van der Waals surface area contributed by atoms with Gasteiger partial charge in [-0.05, 0) is 65.9 Å². The number of amidine groups is 1. The summed E-state index contributed by atoms with van der Waals surface area (Å²) in [6.07, 6.45) is 5.00. The summed E-state index contributed by atoms with van der Waals surface area (Å²) < 4.78 is 11.3. The molecule has 4 rings (SSSR count). The second-order valence-electron chi connectivity index (χ2n) is 10.7. The third-order valence-electron chi connectivity index (χ3n) is 6.72. The van der Waals surface area contributed by atoms with Gasteiger partial charge in [-0.3, -0.25) is 10.2 Å². The minimum atomic E-state index is -0.891. The van der Waals surface area contributed by atoms with Gasteiger partial charge in [-0.2, -0.15) is 4.98 Å². The molecule has 3 heterocycles. The number of rotatable bonds is 5. The van der Waals surface area contributed by atoms with Crippen LogP contribution in [0.5, 0.6) is 6.01 Å². The smallest absolute Gasteiger partial charge is 0.410 e. The zero-order valence-corrected chi connectivity index (χ0v) is 22.5. The van der Waals surface area contributed by atoms with Crippen molar-refractivity contribution in [2.45, 2.75) is 76.9 Å². The molecule has 37 heavy (non-hydrogen) atoms. The molecule has 11 nitrogen and oxygen atoms in total. The first-order valence-electron chi connectivity index (χ1n) is 12.4. The topological polar surface area (TPSA) is 170 Å². The molecule has 2 atom stereocenters. The number of hydrogen-bond acceptors (Lipinski definition) is 10. The molecule has 6 N–H and O–H groups in total. The fourth-order valence-corrected chi connectivity index (χ4v) is 6.01. The van der Waals surface area contributed by atoms with Crippen molar-refractivity contribution in [2.75, 3.05) is 24.6 Å². The molecule has 1 aliphatic heterocycles. The van der Waals surface area contributed by atoms with Gasteiger partial charge in [0.15, 0.2) is 5.84 Å². The molecule has 1 saturated heterocycles. The second kappa shape index (κ2) is 10.2. The molecular weight excluding hydrogens is 494 g/mol. The molecule has 1 aliphatic carbocycles. The average molecular weight is 530 g/mol. The van der Waals surface area contributed by atoms with E-state index < -0.39 is 11.0 Å². The monoisotopic (exact) mass is 529 g/mol. The zero-order valence-electron chi connectivity index (χ0n) is 21.7. The lowest BCUT2D eigenvalue weighted by molar-refractivity contribution is -0.125. The highest BCUT2D eigenvalue weighted by atomic mass is 32.1. The van der Waals surface area contributed by atoms with Crippen LogP contribution in [0.3, 0.4) is 0 Å². The average Bonchev–Trinajstić information content (AvgIpc) is 3.41. The maximum absolute atomic E-state index is 13.3. The quantitative estimate of drug-likeness (QED) is 0.338. The predicted octanol–water partition coefficient (Wildman–Crippen LogP) is 3.22. The normalized spacial score (nSPS) is 21.3. The molecule has 2 aliphatic rings. The van der Waals surface area contributed by atoms with E-state index in [4.69, 9.17) is 26.4 Å². The number of fused-ring (bicyclic) bond motifs is 1. The number of hydrogen-bond donors (Lipinski definition) is 4. The summed E-state index contributed by atoms with van der Waals surface area (Å²) in [6, 6.07) is 1.43. The van der Waals surface area contributed by atoms with Crippen LogP contribution in [0.25, 0.3) is 0 Å². The predicted molar refractivity (Wildman–Crippen MR) is 142 cm³/mol. The molecule has 12 heteroatoms. The van der Waals surface area contributed by atoms with E-state index in [1.807, 2.05) is 27.7 Å². The first-order chi connectivity index (χ1) is 17.4. The largest absolute Gasteiger partial charge is 0.461 e. The Labute approximate surface area is 220 Å². The number of likely N-dealkylation sites (tertiary alicyclic amines) is 1. The van der Waals surface area contributed by atoms with Crippen LogP contribution >= 0.6 is 11.3 Å². The fourth-order valence-electron chi connectivity index (χ4n) is 4.85. The summed E-state index contributed by atoms with van der Waals surface area (Å²) in [5, 5.41) is 11.7. The molecular formula is C25H35N7O4S. The van der Waals surface area contributed by atoms with Crippen LogP contribution in [0.4, 0.5) is 15.5 Å². The third-order valence-corrected chi connectivity index (χ3v) is 7.81. The highest BCUT2D eigenvalue weighted by molar-refractivity contribution is 7.16.